The van der Waals surface area contributed by atoms with Crippen LogP contribution in [0.15, 0.2) is 0 Å². The molecule has 1 atom stereocenters. The van der Waals surface area contributed by atoms with Crippen molar-refractivity contribution >= 4 is 5.91 Å². The normalized spacial score (nSPS) is 33.7. The first kappa shape index (κ1) is 11.3. The topological polar surface area (TPSA) is 41.1 Å². The van der Waals surface area contributed by atoms with E-state index in [1.165, 1.54) is 38.5 Å². The summed E-state index contributed by atoms with van der Waals surface area (Å²) >= 11 is 0. The Morgan fingerprint density at radius 1 is 1.11 bits per heavy atom. The molecule has 18 heavy (non-hydrogen) atoms. The summed E-state index contributed by atoms with van der Waals surface area (Å²) < 4.78 is 0. The molecule has 3 saturated carbocycles. The lowest BCUT2D eigenvalue weighted by atomic mass is 9.91. The number of nitrogens with one attached hydrogen (secondary N) is 2. The van der Waals surface area contributed by atoms with E-state index in [9.17, 15) is 4.79 Å². The molecule has 0 aromatic carbocycles. The van der Waals surface area contributed by atoms with Crippen LogP contribution in [0.4, 0.5) is 0 Å². The molecule has 1 aliphatic heterocycles. The predicted molar refractivity (Wildman–Crippen MR) is 70.0 cm³/mol. The van der Waals surface area contributed by atoms with E-state index in [-0.39, 0.29) is 0 Å². The van der Waals surface area contributed by atoms with Gasteiger partial charge in [-0.25, -0.2) is 0 Å². The smallest absolute Gasteiger partial charge is 0.223 e. The molecule has 1 saturated heterocycles. The van der Waals surface area contributed by atoms with Crippen LogP contribution in [0.5, 0.6) is 0 Å². The minimum atomic E-state index is 0.347. The standard InChI is InChI=1S/C15H24N2O/c18-14(12-9-15(12)5-7-16-8-6-15)17-13(10-1-2-10)11-3-4-11/h10-13,16H,1-9H2,(H,17,18). The second-order valence-corrected chi connectivity index (χ2v) is 7.08. The van der Waals surface area contributed by atoms with E-state index in [0.29, 0.717) is 23.3 Å². The van der Waals surface area contributed by atoms with Crippen molar-refractivity contribution in [2.45, 2.75) is 51.0 Å². The first-order chi connectivity index (χ1) is 8.78. The molecule has 3 heteroatoms. The van der Waals surface area contributed by atoms with Gasteiger partial charge in [-0.3, -0.25) is 4.79 Å². The van der Waals surface area contributed by atoms with Crippen LogP contribution in [0.1, 0.15) is 44.9 Å². The van der Waals surface area contributed by atoms with Crippen molar-refractivity contribution in [2.75, 3.05) is 13.1 Å². The molecule has 4 aliphatic rings. The molecule has 1 amide bonds. The van der Waals surface area contributed by atoms with Gasteiger partial charge in [0.2, 0.25) is 5.91 Å². The summed E-state index contributed by atoms with van der Waals surface area (Å²) in [6.07, 6.45) is 8.97. The average molecular weight is 248 g/mol. The number of carbonyl (C=O) groups is 1. The van der Waals surface area contributed by atoms with Gasteiger partial charge in [-0.15, -0.1) is 0 Å². The van der Waals surface area contributed by atoms with Gasteiger partial charge in [0.05, 0.1) is 0 Å². The number of hydrogen-bond donors (Lipinski definition) is 2. The second-order valence-electron chi connectivity index (χ2n) is 7.08. The lowest BCUT2D eigenvalue weighted by Gasteiger charge is -2.24. The van der Waals surface area contributed by atoms with Gasteiger partial charge in [0.25, 0.3) is 0 Å². The third-order valence-electron chi connectivity index (χ3n) is 5.67. The van der Waals surface area contributed by atoms with E-state index < -0.39 is 0 Å². The molecule has 2 N–H and O–H groups in total. The zero-order valence-corrected chi connectivity index (χ0v) is 11.1. The minimum absolute atomic E-state index is 0.347. The van der Waals surface area contributed by atoms with Crippen molar-refractivity contribution in [3.05, 3.63) is 0 Å². The van der Waals surface area contributed by atoms with Crippen LogP contribution in [0, 0.1) is 23.2 Å². The largest absolute Gasteiger partial charge is 0.353 e. The summed E-state index contributed by atoms with van der Waals surface area (Å²) in [6.45, 7) is 2.22. The molecule has 3 nitrogen and oxygen atoms in total. The first-order valence-corrected chi connectivity index (χ1v) is 7.80. The fourth-order valence-corrected chi connectivity index (χ4v) is 3.99. The Hall–Kier alpha value is -0.570. The Morgan fingerprint density at radius 2 is 1.72 bits per heavy atom. The second kappa shape index (κ2) is 3.96. The highest BCUT2D eigenvalue weighted by molar-refractivity contribution is 5.83. The van der Waals surface area contributed by atoms with Crippen LogP contribution < -0.4 is 10.6 Å². The van der Waals surface area contributed by atoms with Gasteiger partial charge < -0.3 is 10.6 Å². The molecule has 1 spiro atoms. The van der Waals surface area contributed by atoms with Crippen LogP contribution >= 0.6 is 0 Å². The van der Waals surface area contributed by atoms with E-state index in [0.717, 1.165) is 31.3 Å². The molecule has 3 aliphatic carbocycles. The predicted octanol–water partition coefficient (Wildman–Crippen LogP) is 1.68. The Balaban J connectivity index is 1.36. The molecule has 0 radical (unpaired) electrons. The lowest BCUT2D eigenvalue weighted by molar-refractivity contribution is -0.124. The summed E-state index contributed by atoms with van der Waals surface area (Å²) in [4.78, 5) is 12.4. The SMILES string of the molecule is O=C(NC(C1CC1)C1CC1)C1CC12CCNCC2. The number of piperidine rings is 1. The summed E-state index contributed by atoms with van der Waals surface area (Å²) in [5, 5.41) is 6.82. The van der Waals surface area contributed by atoms with Crippen LogP contribution in [-0.4, -0.2) is 25.0 Å². The van der Waals surface area contributed by atoms with Crippen molar-refractivity contribution in [3.63, 3.8) is 0 Å². The molecule has 4 rings (SSSR count). The van der Waals surface area contributed by atoms with Gasteiger partial charge in [-0.2, -0.15) is 0 Å². The summed E-state index contributed by atoms with van der Waals surface area (Å²) in [6, 6.07) is 0.539. The highest BCUT2D eigenvalue weighted by atomic mass is 16.2. The van der Waals surface area contributed by atoms with Crippen LogP contribution in [0.3, 0.4) is 0 Å². The molecule has 0 bridgehead atoms. The fourth-order valence-electron chi connectivity index (χ4n) is 3.99. The molecule has 0 aromatic heterocycles. The number of rotatable bonds is 4. The summed E-state index contributed by atoms with van der Waals surface area (Å²) in [5.41, 5.74) is 0.396. The van der Waals surface area contributed by atoms with Gasteiger partial charge in [0.15, 0.2) is 0 Å². The third kappa shape index (κ3) is 1.97. The minimum Gasteiger partial charge on any atom is -0.353 e. The summed E-state index contributed by atoms with van der Waals surface area (Å²) in [5.74, 6) is 2.38. The maximum atomic E-state index is 12.4. The zero-order chi connectivity index (χ0) is 12.2. The van der Waals surface area contributed by atoms with E-state index in [1.807, 2.05) is 0 Å². The molecular formula is C15H24N2O. The van der Waals surface area contributed by atoms with Gasteiger partial charge in [-0.05, 0) is 75.3 Å². The average Bonchev–Trinajstić information content (AvgIpc) is 3.24. The number of amides is 1. The molecular weight excluding hydrogens is 224 g/mol. The lowest BCUT2D eigenvalue weighted by Crippen LogP contribution is -2.41. The monoisotopic (exact) mass is 248 g/mol. The summed E-state index contributed by atoms with van der Waals surface area (Å²) in [7, 11) is 0. The Labute approximate surface area is 109 Å². The molecule has 1 unspecified atom stereocenters. The Kier molecular flexibility index (Phi) is 2.48. The van der Waals surface area contributed by atoms with Crippen LogP contribution in [0.2, 0.25) is 0 Å². The highest BCUT2D eigenvalue weighted by Gasteiger charge is 2.58. The maximum Gasteiger partial charge on any atom is 0.223 e. The fraction of sp³-hybridized carbons (Fsp3) is 0.933. The maximum absolute atomic E-state index is 12.4. The van der Waals surface area contributed by atoms with Crippen molar-refractivity contribution in [1.82, 2.24) is 10.6 Å². The van der Waals surface area contributed by atoms with E-state index in [1.54, 1.807) is 0 Å². The molecule has 1 heterocycles. The third-order valence-corrected chi connectivity index (χ3v) is 5.67. The van der Waals surface area contributed by atoms with Gasteiger partial charge >= 0.3 is 0 Å². The Morgan fingerprint density at radius 3 is 2.28 bits per heavy atom. The molecule has 4 fully saturated rings. The van der Waals surface area contributed by atoms with E-state index in [2.05, 4.69) is 10.6 Å². The molecule has 100 valence electrons. The van der Waals surface area contributed by atoms with Gasteiger partial charge in [-0.1, -0.05) is 0 Å². The zero-order valence-electron chi connectivity index (χ0n) is 11.1. The van der Waals surface area contributed by atoms with Crippen LogP contribution in [0.25, 0.3) is 0 Å². The van der Waals surface area contributed by atoms with Gasteiger partial charge in [0, 0.05) is 12.0 Å². The van der Waals surface area contributed by atoms with Gasteiger partial charge in [0.1, 0.15) is 0 Å². The van der Waals surface area contributed by atoms with Crippen molar-refractivity contribution in [1.29, 1.82) is 0 Å². The molecule has 0 aromatic rings. The van der Waals surface area contributed by atoms with Crippen molar-refractivity contribution in [3.8, 4) is 0 Å². The van der Waals surface area contributed by atoms with E-state index >= 15 is 0 Å². The Bertz CT molecular complexity index is 342. The van der Waals surface area contributed by atoms with Crippen molar-refractivity contribution in [2.24, 2.45) is 23.2 Å². The highest BCUT2D eigenvalue weighted by Crippen LogP contribution is 2.58. The van der Waals surface area contributed by atoms with E-state index in [4.69, 9.17) is 0 Å². The number of hydrogen-bond acceptors (Lipinski definition) is 2. The van der Waals surface area contributed by atoms with Crippen LogP contribution in [-0.2, 0) is 4.79 Å². The number of carbonyl (C=O) groups excluding carboxylic acids is 1. The van der Waals surface area contributed by atoms with Crippen molar-refractivity contribution < 1.29 is 4.79 Å². The first-order valence-electron chi connectivity index (χ1n) is 7.80. The quantitative estimate of drug-likeness (QED) is 0.795.